The topological polar surface area (TPSA) is 77.8 Å². The zero-order valence-electron chi connectivity index (χ0n) is 12.1. The molecule has 2 rings (SSSR count). The van der Waals surface area contributed by atoms with Crippen molar-refractivity contribution in [3.05, 3.63) is 41.8 Å². The van der Waals surface area contributed by atoms with Crippen LogP contribution in [0.3, 0.4) is 0 Å². The smallest absolute Gasteiger partial charge is 0.226 e. The van der Waals surface area contributed by atoms with Crippen LogP contribution < -0.4 is 5.73 Å². The summed E-state index contributed by atoms with van der Waals surface area (Å²) in [5.41, 5.74) is 6.88. The fourth-order valence-electron chi connectivity index (χ4n) is 2.31. The number of pyridine rings is 1. The molecule has 0 spiro atoms. The first kappa shape index (κ1) is 14.7. The maximum Gasteiger partial charge on any atom is 0.226 e. The summed E-state index contributed by atoms with van der Waals surface area (Å²) in [6.07, 6.45) is 6.06. The van der Waals surface area contributed by atoms with E-state index in [0.717, 1.165) is 18.4 Å². The van der Waals surface area contributed by atoms with Crippen LogP contribution in [0, 0.1) is 11.8 Å². The van der Waals surface area contributed by atoms with Gasteiger partial charge in [-0.25, -0.2) is 0 Å². The van der Waals surface area contributed by atoms with Crippen LogP contribution in [0.2, 0.25) is 0 Å². The molecule has 20 heavy (non-hydrogen) atoms. The van der Waals surface area contributed by atoms with Gasteiger partial charge in [-0.05, 0) is 36.4 Å². The first-order valence-corrected chi connectivity index (χ1v) is 7.07. The van der Waals surface area contributed by atoms with E-state index in [2.05, 4.69) is 29.0 Å². The van der Waals surface area contributed by atoms with Gasteiger partial charge in [-0.3, -0.25) is 4.98 Å². The lowest BCUT2D eigenvalue weighted by atomic mass is 9.94. The van der Waals surface area contributed by atoms with Gasteiger partial charge in [0.2, 0.25) is 5.89 Å². The average Bonchev–Trinajstić information content (AvgIpc) is 2.86. The molecule has 0 fully saturated rings. The van der Waals surface area contributed by atoms with E-state index in [1.807, 2.05) is 18.3 Å². The Hall–Kier alpha value is -1.75. The van der Waals surface area contributed by atoms with E-state index in [4.69, 9.17) is 10.3 Å². The van der Waals surface area contributed by atoms with Crippen molar-refractivity contribution in [3.63, 3.8) is 0 Å². The van der Waals surface area contributed by atoms with E-state index in [9.17, 15) is 0 Å². The Morgan fingerprint density at radius 1 is 1.35 bits per heavy atom. The molecule has 0 aliphatic carbocycles. The molecule has 0 aromatic carbocycles. The van der Waals surface area contributed by atoms with Crippen LogP contribution in [0.5, 0.6) is 0 Å². The van der Waals surface area contributed by atoms with E-state index >= 15 is 0 Å². The molecular formula is C15H22N4O. The second-order valence-corrected chi connectivity index (χ2v) is 5.58. The third-order valence-corrected chi connectivity index (χ3v) is 3.20. The van der Waals surface area contributed by atoms with Crippen LogP contribution in [-0.4, -0.2) is 21.7 Å². The minimum absolute atomic E-state index is 0.404. The zero-order valence-corrected chi connectivity index (χ0v) is 12.1. The van der Waals surface area contributed by atoms with E-state index in [1.165, 1.54) is 0 Å². The SMILES string of the molecule is CC(C)CC(CN)Cc1nc(Cc2cccnc2)no1. The summed E-state index contributed by atoms with van der Waals surface area (Å²) in [4.78, 5) is 8.52. The largest absolute Gasteiger partial charge is 0.339 e. The van der Waals surface area contributed by atoms with Gasteiger partial charge < -0.3 is 10.3 Å². The quantitative estimate of drug-likeness (QED) is 0.837. The average molecular weight is 274 g/mol. The van der Waals surface area contributed by atoms with Crippen molar-refractivity contribution in [2.75, 3.05) is 6.54 Å². The first-order valence-electron chi connectivity index (χ1n) is 7.07. The normalized spacial score (nSPS) is 12.8. The maximum atomic E-state index is 5.80. The molecule has 2 aromatic rings. The van der Waals surface area contributed by atoms with Crippen LogP contribution in [-0.2, 0) is 12.8 Å². The lowest BCUT2D eigenvalue weighted by Gasteiger charge is -2.14. The molecule has 0 amide bonds. The minimum atomic E-state index is 0.404. The summed E-state index contributed by atoms with van der Waals surface area (Å²) in [5.74, 6) is 2.41. The third kappa shape index (κ3) is 4.42. The van der Waals surface area contributed by atoms with Crippen LogP contribution in [0.15, 0.2) is 29.0 Å². The van der Waals surface area contributed by atoms with Gasteiger partial charge in [-0.1, -0.05) is 25.1 Å². The summed E-state index contributed by atoms with van der Waals surface area (Å²) in [5, 5.41) is 4.02. The molecule has 2 aromatic heterocycles. The number of hydrogen-bond donors (Lipinski definition) is 1. The molecule has 0 bridgehead atoms. The van der Waals surface area contributed by atoms with E-state index in [1.54, 1.807) is 6.20 Å². The van der Waals surface area contributed by atoms with Crippen molar-refractivity contribution >= 4 is 0 Å². The first-order chi connectivity index (χ1) is 9.67. The minimum Gasteiger partial charge on any atom is -0.339 e. The van der Waals surface area contributed by atoms with Gasteiger partial charge in [0.25, 0.3) is 0 Å². The molecule has 5 heteroatoms. The molecule has 2 heterocycles. The van der Waals surface area contributed by atoms with Gasteiger partial charge in [0.05, 0.1) is 0 Å². The molecule has 1 atom stereocenters. The number of nitrogens with two attached hydrogens (primary N) is 1. The highest BCUT2D eigenvalue weighted by molar-refractivity contribution is 5.13. The van der Waals surface area contributed by atoms with E-state index in [0.29, 0.717) is 36.5 Å². The lowest BCUT2D eigenvalue weighted by Crippen LogP contribution is -2.19. The highest BCUT2D eigenvalue weighted by Gasteiger charge is 2.15. The number of rotatable bonds is 7. The van der Waals surface area contributed by atoms with E-state index in [-0.39, 0.29) is 0 Å². The second-order valence-electron chi connectivity index (χ2n) is 5.58. The standard InChI is InChI=1S/C15H22N4O/c1-11(2)6-13(9-16)8-15-18-14(19-20-15)7-12-4-3-5-17-10-12/h3-5,10-11,13H,6-9,16H2,1-2H3. The van der Waals surface area contributed by atoms with Gasteiger partial charge in [0.15, 0.2) is 5.82 Å². The van der Waals surface area contributed by atoms with Crippen molar-refractivity contribution in [2.45, 2.75) is 33.1 Å². The molecule has 0 radical (unpaired) electrons. The van der Waals surface area contributed by atoms with Crippen LogP contribution in [0.4, 0.5) is 0 Å². The van der Waals surface area contributed by atoms with Crippen LogP contribution in [0.25, 0.3) is 0 Å². The molecule has 0 aliphatic heterocycles. The van der Waals surface area contributed by atoms with Crippen molar-refractivity contribution in [2.24, 2.45) is 17.6 Å². The van der Waals surface area contributed by atoms with E-state index < -0.39 is 0 Å². The monoisotopic (exact) mass is 274 g/mol. The van der Waals surface area contributed by atoms with Gasteiger partial charge in [-0.2, -0.15) is 4.98 Å². The van der Waals surface area contributed by atoms with Crippen LogP contribution >= 0.6 is 0 Å². The Morgan fingerprint density at radius 3 is 2.85 bits per heavy atom. The summed E-state index contributed by atoms with van der Waals surface area (Å²) in [7, 11) is 0. The highest BCUT2D eigenvalue weighted by Crippen LogP contribution is 2.16. The lowest BCUT2D eigenvalue weighted by molar-refractivity contribution is 0.329. The fraction of sp³-hybridized carbons (Fsp3) is 0.533. The number of aromatic nitrogens is 3. The summed E-state index contributed by atoms with van der Waals surface area (Å²) in [6.45, 7) is 5.05. The van der Waals surface area contributed by atoms with Gasteiger partial charge in [-0.15, -0.1) is 0 Å². The number of nitrogens with zero attached hydrogens (tertiary/aromatic N) is 3. The Bertz CT molecular complexity index is 510. The Kier molecular flexibility index (Phi) is 5.24. The Morgan fingerprint density at radius 2 is 2.20 bits per heavy atom. The van der Waals surface area contributed by atoms with Gasteiger partial charge in [0, 0.05) is 25.2 Å². The molecule has 2 N–H and O–H groups in total. The Labute approximate surface area is 119 Å². The second kappa shape index (κ2) is 7.14. The molecule has 0 saturated heterocycles. The van der Waals surface area contributed by atoms with Crippen molar-refractivity contribution < 1.29 is 4.52 Å². The summed E-state index contributed by atoms with van der Waals surface area (Å²) < 4.78 is 5.31. The van der Waals surface area contributed by atoms with Crippen molar-refractivity contribution in [1.29, 1.82) is 0 Å². The predicted molar refractivity (Wildman–Crippen MR) is 77.0 cm³/mol. The van der Waals surface area contributed by atoms with Gasteiger partial charge >= 0.3 is 0 Å². The molecule has 0 saturated carbocycles. The molecule has 1 unspecified atom stereocenters. The highest BCUT2D eigenvalue weighted by atomic mass is 16.5. The Balaban J connectivity index is 1.95. The third-order valence-electron chi connectivity index (χ3n) is 3.20. The summed E-state index contributed by atoms with van der Waals surface area (Å²) >= 11 is 0. The molecule has 108 valence electrons. The van der Waals surface area contributed by atoms with Crippen molar-refractivity contribution in [3.8, 4) is 0 Å². The number of hydrogen-bond acceptors (Lipinski definition) is 5. The van der Waals surface area contributed by atoms with Crippen molar-refractivity contribution in [1.82, 2.24) is 15.1 Å². The summed E-state index contributed by atoms with van der Waals surface area (Å²) in [6, 6.07) is 3.91. The van der Waals surface area contributed by atoms with Gasteiger partial charge in [0.1, 0.15) is 0 Å². The molecular weight excluding hydrogens is 252 g/mol. The zero-order chi connectivity index (χ0) is 14.4. The fourth-order valence-corrected chi connectivity index (χ4v) is 2.31. The molecule has 0 aliphatic rings. The maximum absolute atomic E-state index is 5.80. The van der Waals surface area contributed by atoms with Crippen LogP contribution in [0.1, 0.15) is 37.5 Å². The predicted octanol–water partition coefficient (Wildman–Crippen LogP) is 2.22. The molecule has 5 nitrogen and oxygen atoms in total.